The third-order valence-electron chi connectivity index (χ3n) is 2.65. The Hall–Kier alpha value is -1.54. The van der Waals surface area contributed by atoms with Gasteiger partial charge >= 0.3 is 0 Å². The Kier molecular flexibility index (Phi) is 3.87. The Labute approximate surface area is 113 Å². The molecule has 0 N–H and O–H groups in total. The molecule has 3 heteroatoms. The second-order valence-corrected chi connectivity index (χ2v) is 4.79. The number of nitrogens with zero attached hydrogens (tertiary/aromatic N) is 1. The molecule has 2 nitrogen and oxygen atoms in total. The van der Waals surface area contributed by atoms with Crippen molar-refractivity contribution in [2.75, 3.05) is 0 Å². The zero-order valence-electron chi connectivity index (χ0n) is 10.8. The van der Waals surface area contributed by atoms with E-state index < -0.39 is 0 Å². The molecule has 0 amide bonds. The van der Waals surface area contributed by atoms with Crippen molar-refractivity contribution < 1.29 is 4.74 Å². The molecule has 18 heavy (non-hydrogen) atoms. The van der Waals surface area contributed by atoms with E-state index in [1.807, 2.05) is 25.1 Å². The van der Waals surface area contributed by atoms with E-state index in [4.69, 9.17) is 16.3 Å². The van der Waals surface area contributed by atoms with Crippen LogP contribution < -0.4 is 4.74 Å². The zero-order chi connectivity index (χ0) is 13.1. The number of alkyl halides is 1. The maximum Gasteiger partial charge on any atom is 0.222 e. The molecule has 0 unspecified atom stereocenters. The molecule has 0 spiro atoms. The highest BCUT2D eigenvalue weighted by Gasteiger charge is 2.05. The predicted molar refractivity (Wildman–Crippen MR) is 74.5 cm³/mol. The van der Waals surface area contributed by atoms with E-state index in [9.17, 15) is 0 Å². The first kappa shape index (κ1) is 12.9. The molecule has 0 saturated carbocycles. The van der Waals surface area contributed by atoms with E-state index in [1.165, 1.54) is 11.1 Å². The van der Waals surface area contributed by atoms with Gasteiger partial charge in [0.05, 0.1) is 0 Å². The average Bonchev–Trinajstić information content (AvgIpc) is 2.30. The summed E-state index contributed by atoms with van der Waals surface area (Å²) in [6.07, 6.45) is 1.75. The predicted octanol–water partition coefficient (Wildman–Crippen LogP) is 4.54. The summed E-state index contributed by atoms with van der Waals surface area (Å²) >= 11 is 5.77. The smallest absolute Gasteiger partial charge is 0.222 e. The Morgan fingerprint density at radius 3 is 2.28 bits per heavy atom. The van der Waals surface area contributed by atoms with Crippen molar-refractivity contribution in [2.45, 2.75) is 26.7 Å². The van der Waals surface area contributed by atoms with Crippen molar-refractivity contribution >= 4 is 11.6 Å². The normalized spacial score (nSPS) is 10.4. The van der Waals surface area contributed by atoms with Crippen molar-refractivity contribution in [3.63, 3.8) is 0 Å². The average molecular weight is 262 g/mol. The van der Waals surface area contributed by atoms with Crippen LogP contribution in [0.25, 0.3) is 0 Å². The SMILES string of the molecule is Cc1cc(C)cc(Oc2ncc(CCl)cc2C)c1. The fraction of sp³-hybridized carbons (Fsp3) is 0.267. The van der Waals surface area contributed by atoms with Crippen molar-refractivity contribution in [1.29, 1.82) is 0 Å². The number of hydrogen-bond donors (Lipinski definition) is 0. The molecule has 0 radical (unpaired) electrons. The Morgan fingerprint density at radius 2 is 1.72 bits per heavy atom. The van der Waals surface area contributed by atoms with Crippen LogP contribution in [0.4, 0.5) is 0 Å². The third-order valence-corrected chi connectivity index (χ3v) is 2.96. The molecule has 1 heterocycles. The Bertz CT molecular complexity index is 546. The van der Waals surface area contributed by atoms with Crippen molar-refractivity contribution in [1.82, 2.24) is 4.98 Å². The minimum atomic E-state index is 0.470. The summed E-state index contributed by atoms with van der Waals surface area (Å²) in [6, 6.07) is 8.12. The molecule has 0 aliphatic heterocycles. The summed E-state index contributed by atoms with van der Waals surface area (Å²) in [4.78, 5) is 4.30. The van der Waals surface area contributed by atoms with Gasteiger partial charge in [-0.25, -0.2) is 4.98 Å². The standard InChI is InChI=1S/C15H16ClNO/c1-10-4-11(2)6-14(5-10)18-15-12(3)7-13(8-16)9-17-15/h4-7,9H,8H2,1-3H3. The van der Waals surface area contributed by atoms with Crippen molar-refractivity contribution in [3.8, 4) is 11.6 Å². The summed E-state index contributed by atoms with van der Waals surface area (Å²) < 4.78 is 5.82. The van der Waals surface area contributed by atoms with E-state index in [0.717, 1.165) is 16.9 Å². The summed E-state index contributed by atoms with van der Waals surface area (Å²) in [5.41, 5.74) is 4.36. The lowest BCUT2D eigenvalue weighted by molar-refractivity contribution is 0.458. The quantitative estimate of drug-likeness (QED) is 0.757. The lowest BCUT2D eigenvalue weighted by Crippen LogP contribution is -1.94. The van der Waals surface area contributed by atoms with Gasteiger partial charge in [-0.15, -0.1) is 11.6 Å². The number of rotatable bonds is 3. The van der Waals surface area contributed by atoms with Gasteiger partial charge in [0.25, 0.3) is 0 Å². The summed E-state index contributed by atoms with van der Waals surface area (Å²) in [5, 5.41) is 0. The molecule has 0 atom stereocenters. The molecule has 0 saturated heterocycles. The van der Waals surface area contributed by atoms with Gasteiger partial charge in [0, 0.05) is 17.6 Å². The first-order valence-electron chi connectivity index (χ1n) is 5.86. The number of aryl methyl sites for hydroxylation is 3. The van der Waals surface area contributed by atoms with E-state index >= 15 is 0 Å². The topological polar surface area (TPSA) is 22.1 Å². The lowest BCUT2D eigenvalue weighted by Gasteiger charge is -2.09. The van der Waals surface area contributed by atoms with Crippen molar-refractivity contribution in [2.24, 2.45) is 0 Å². The molecule has 1 aromatic carbocycles. The van der Waals surface area contributed by atoms with Crippen LogP contribution in [0.3, 0.4) is 0 Å². The van der Waals surface area contributed by atoms with E-state index in [0.29, 0.717) is 11.8 Å². The summed E-state index contributed by atoms with van der Waals surface area (Å²) in [5.74, 6) is 1.92. The van der Waals surface area contributed by atoms with Gasteiger partial charge < -0.3 is 4.74 Å². The van der Waals surface area contributed by atoms with Crippen LogP contribution in [0.1, 0.15) is 22.3 Å². The highest BCUT2D eigenvalue weighted by atomic mass is 35.5. The van der Waals surface area contributed by atoms with Gasteiger partial charge in [0.2, 0.25) is 5.88 Å². The number of aromatic nitrogens is 1. The van der Waals surface area contributed by atoms with Crippen molar-refractivity contribution in [3.05, 3.63) is 52.7 Å². The molecule has 2 aromatic rings. The zero-order valence-corrected chi connectivity index (χ0v) is 11.6. The van der Waals surface area contributed by atoms with E-state index in [2.05, 4.69) is 24.9 Å². The van der Waals surface area contributed by atoms with Crippen LogP contribution in [-0.4, -0.2) is 4.98 Å². The first-order chi connectivity index (χ1) is 8.58. The van der Waals surface area contributed by atoms with Gasteiger partial charge in [-0.1, -0.05) is 6.07 Å². The van der Waals surface area contributed by atoms with Crippen LogP contribution in [0.2, 0.25) is 0 Å². The monoisotopic (exact) mass is 261 g/mol. The molecule has 0 bridgehead atoms. The fourth-order valence-electron chi connectivity index (χ4n) is 1.90. The van der Waals surface area contributed by atoms with Gasteiger partial charge in [-0.05, 0) is 55.7 Å². The number of halogens is 1. The van der Waals surface area contributed by atoms with Gasteiger partial charge in [0.15, 0.2) is 0 Å². The van der Waals surface area contributed by atoms with E-state index in [1.54, 1.807) is 6.20 Å². The molecule has 2 rings (SSSR count). The van der Waals surface area contributed by atoms with Crippen LogP contribution in [-0.2, 0) is 5.88 Å². The molecular formula is C15H16ClNO. The van der Waals surface area contributed by atoms with Gasteiger partial charge in [-0.3, -0.25) is 0 Å². The number of benzene rings is 1. The summed E-state index contributed by atoms with van der Waals surface area (Å²) in [7, 11) is 0. The van der Waals surface area contributed by atoms with Crippen LogP contribution in [0.15, 0.2) is 30.5 Å². The number of pyridine rings is 1. The van der Waals surface area contributed by atoms with Gasteiger partial charge in [0.1, 0.15) is 5.75 Å². The number of ether oxygens (including phenoxy) is 1. The third kappa shape index (κ3) is 3.02. The van der Waals surface area contributed by atoms with Crippen LogP contribution in [0, 0.1) is 20.8 Å². The maximum absolute atomic E-state index is 5.82. The molecule has 1 aromatic heterocycles. The molecular weight excluding hydrogens is 246 g/mol. The van der Waals surface area contributed by atoms with Crippen LogP contribution in [0.5, 0.6) is 11.6 Å². The molecule has 0 fully saturated rings. The van der Waals surface area contributed by atoms with Crippen LogP contribution >= 0.6 is 11.6 Å². The largest absolute Gasteiger partial charge is 0.439 e. The second-order valence-electron chi connectivity index (χ2n) is 4.52. The van der Waals surface area contributed by atoms with Gasteiger partial charge in [-0.2, -0.15) is 0 Å². The first-order valence-corrected chi connectivity index (χ1v) is 6.39. The highest BCUT2D eigenvalue weighted by Crippen LogP contribution is 2.25. The highest BCUT2D eigenvalue weighted by molar-refractivity contribution is 6.17. The minimum absolute atomic E-state index is 0.470. The molecule has 94 valence electrons. The second kappa shape index (κ2) is 5.40. The Morgan fingerprint density at radius 1 is 1.06 bits per heavy atom. The minimum Gasteiger partial charge on any atom is -0.439 e. The molecule has 0 aliphatic carbocycles. The fourth-order valence-corrected chi connectivity index (χ4v) is 2.05. The maximum atomic E-state index is 5.82. The molecule has 0 aliphatic rings. The lowest BCUT2D eigenvalue weighted by atomic mass is 10.1. The Balaban J connectivity index is 2.28. The summed E-state index contributed by atoms with van der Waals surface area (Å²) in [6.45, 7) is 6.08. The number of hydrogen-bond acceptors (Lipinski definition) is 2. The van der Waals surface area contributed by atoms with E-state index in [-0.39, 0.29) is 0 Å².